The van der Waals surface area contributed by atoms with Gasteiger partial charge in [-0.3, -0.25) is 0 Å². The van der Waals surface area contributed by atoms with Crippen LogP contribution in [0.2, 0.25) is 0 Å². The predicted octanol–water partition coefficient (Wildman–Crippen LogP) is 0.482. The number of nitrogens with two attached hydrogens (primary N) is 2. The molecule has 16 heavy (non-hydrogen) atoms. The molecule has 1 saturated heterocycles. The molecule has 1 aromatic carbocycles. The summed E-state index contributed by atoms with van der Waals surface area (Å²) in [6.45, 7) is 4.02. The third-order valence-corrected chi connectivity index (χ3v) is 2.95. The second-order valence-electron chi connectivity index (χ2n) is 4.03. The van der Waals surface area contributed by atoms with Crippen molar-refractivity contribution in [3.8, 4) is 0 Å². The second-order valence-corrected chi connectivity index (χ2v) is 4.03. The summed E-state index contributed by atoms with van der Waals surface area (Å²) in [5.74, 6) is 0. The van der Waals surface area contributed by atoms with Crippen LogP contribution in [0.5, 0.6) is 0 Å². The number of hydrogen-bond acceptors (Lipinski definition) is 4. The summed E-state index contributed by atoms with van der Waals surface area (Å²) in [5.41, 5.74) is 13.7. The molecule has 1 aliphatic rings. The minimum absolute atomic E-state index is 0.0567. The number of benzene rings is 1. The summed E-state index contributed by atoms with van der Waals surface area (Å²) in [4.78, 5) is 2.32. The van der Waals surface area contributed by atoms with Gasteiger partial charge < -0.3 is 21.1 Å². The van der Waals surface area contributed by atoms with E-state index in [1.54, 1.807) is 0 Å². The molecule has 1 aliphatic heterocycles. The van der Waals surface area contributed by atoms with Gasteiger partial charge in [0.15, 0.2) is 0 Å². The molecule has 4 N–H and O–H groups in total. The molecule has 0 radical (unpaired) electrons. The Morgan fingerprint density at radius 2 is 1.81 bits per heavy atom. The summed E-state index contributed by atoms with van der Waals surface area (Å²) in [6, 6.07) is 8.27. The van der Waals surface area contributed by atoms with Crippen LogP contribution in [-0.4, -0.2) is 32.8 Å². The summed E-state index contributed by atoms with van der Waals surface area (Å²) < 4.78 is 5.32. The predicted molar refractivity (Wildman–Crippen MR) is 65.5 cm³/mol. The standard InChI is InChI=1S/C12H19N3O/c13-9-12(14)10-1-3-11(4-2-10)15-5-7-16-8-6-15/h1-4,12H,5-9,13-14H2/t12-/m0/s1. The molecule has 0 saturated carbocycles. The largest absolute Gasteiger partial charge is 0.378 e. The molecule has 4 heteroatoms. The fourth-order valence-corrected chi connectivity index (χ4v) is 1.89. The molecule has 1 aromatic rings. The Morgan fingerprint density at radius 3 is 2.38 bits per heavy atom. The average Bonchev–Trinajstić information content (AvgIpc) is 2.39. The van der Waals surface area contributed by atoms with E-state index in [1.807, 2.05) is 0 Å². The van der Waals surface area contributed by atoms with Gasteiger partial charge in [-0.1, -0.05) is 12.1 Å². The smallest absolute Gasteiger partial charge is 0.0642 e. The van der Waals surface area contributed by atoms with Crippen molar-refractivity contribution in [1.29, 1.82) is 0 Å². The lowest BCUT2D eigenvalue weighted by molar-refractivity contribution is 0.122. The van der Waals surface area contributed by atoms with Gasteiger partial charge in [0.05, 0.1) is 13.2 Å². The molecule has 0 aromatic heterocycles. The van der Waals surface area contributed by atoms with Gasteiger partial charge in [-0.2, -0.15) is 0 Å². The molecule has 1 heterocycles. The van der Waals surface area contributed by atoms with Gasteiger partial charge in [0.25, 0.3) is 0 Å². The molecule has 2 rings (SSSR count). The zero-order valence-corrected chi connectivity index (χ0v) is 9.43. The van der Waals surface area contributed by atoms with E-state index in [0.717, 1.165) is 31.9 Å². The van der Waals surface area contributed by atoms with Crippen molar-refractivity contribution in [2.75, 3.05) is 37.7 Å². The highest BCUT2D eigenvalue weighted by molar-refractivity contribution is 5.48. The van der Waals surface area contributed by atoms with Gasteiger partial charge in [-0.25, -0.2) is 0 Å². The molecule has 0 spiro atoms. The van der Waals surface area contributed by atoms with Crippen LogP contribution in [0.1, 0.15) is 11.6 Å². The lowest BCUT2D eigenvalue weighted by atomic mass is 10.1. The molecular weight excluding hydrogens is 202 g/mol. The van der Waals surface area contributed by atoms with E-state index in [2.05, 4.69) is 29.2 Å². The van der Waals surface area contributed by atoms with Crippen LogP contribution in [0.4, 0.5) is 5.69 Å². The fourth-order valence-electron chi connectivity index (χ4n) is 1.89. The lowest BCUT2D eigenvalue weighted by Gasteiger charge is -2.29. The minimum Gasteiger partial charge on any atom is -0.378 e. The first-order valence-corrected chi connectivity index (χ1v) is 5.69. The van der Waals surface area contributed by atoms with E-state index in [9.17, 15) is 0 Å². The van der Waals surface area contributed by atoms with Crippen molar-refractivity contribution in [1.82, 2.24) is 0 Å². The molecule has 1 atom stereocenters. The highest BCUT2D eigenvalue weighted by Crippen LogP contribution is 2.18. The molecule has 0 bridgehead atoms. The SMILES string of the molecule is NC[C@H](N)c1ccc(N2CCOCC2)cc1. The maximum Gasteiger partial charge on any atom is 0.0642 e. The van der Waals surface area contributed by atoms with E-state index in [4.69, 9.17) is 16.2 Å². The van der Waals surface area contributed by atoms with Crippen molar-refractivity contribution in [2.45, 2.75) is 6.04 Å². The van der Waals surface area contributed by atoms with Crippen LogP contribution < -0.4 is 16.4 Å². The zero-order valence-electron chi connectivity index (χ0n) is 9.43. The van der Waals surface area contributed by atoms with Crippen molar-refractivity contribution in [3.05, 3.63) is 29.8 Å². The summed E-state index contributed by atoms with van der Waals surface area (Å²) in [6.07, 6.45) is 0. The monoisotopic (exact) mass is 221 g/mol. The van der Waals surface area contributed by atoms with Crippen molar-refractivity contribution in [2.24, 2.45) is 11.5 Å². The quantitative estimate of drug-likeness (QED) is 0.779. The third-order valence-electron chi connectivity index (χ3n) is 2.95. The average molecular weight is 221 g/mol. The molecule has 88 valence electrons. The Morgan fingerprint density at radius 1 is 1.19 bits per heavy atom. The minimum atomic E-state index is -0.0567. The molecule has 1 fully saturated rings. The van der Waals surface area contributed by atoms with Gasteiger partial charge in [-0.15, -0.1) is 0 Å². The van der Waals surface area contributed by atoms with Crippen molar-refractivity contribution in [3.63, 3.8) is 0 Å². The lowest BCUT2D eigenvalue weighted by Crippen LogP contribution is -2.36. The summed E-state index contributed by atoms with van der Waals surface area (Å²) in [5, 5.41) is 0. The van der Waals surface area contributed by atoms with E-state index < -0.39 is 0 Å². The number of anilines is 1. The Balaban J connectivity index is 2.06. The molecular formula is C12H19N3O. The fraction of sp³-hybridized carbons (Fsp3) is 0.500. The normalized spacial score (nSPS) is 18.5. The Bertz CT molecular complexity index is 320. The second kappa shape index (κ2) is 5.30. The van der Waals surface area contributed by atoms with Gasteiger partial charge in [0, 0.05) is 31.4 Å². The van der Waals surface area contributed by atoms with E-state index in [0.29, 0.717) is 6.54 Å². The highest BCUT2D eigenvalue weighted by atomic mass is 16.5. The van der Waals surface area contributed by atoms with Crippen LogP contribution >= 0.6 is 0 Å². The molecule has 0 unspecified atom stereocenters. The zero-order chi connectivity index (χ0) is 11.4. The Hall–Kier alpha value is -1.10. The molecule has 0 aliphatic carbocycles. The summed E-state index contributed by atoms with van der Waals surface area (Å²) >= 11 is 0. The van der Waals surface area contributed by atoms with Crippen LogP contribution in [0.3, 0.4) is 0 Å². The topological polar surface area (TPSA) is 64.5 Å². The van der Waals surface area contributed by atoms with Gasteiger partial charge in [-0.05, 0) is 17.7 Å². The van der Waals surface area contributed by atoms with Crippen molar-refractivity contribution < 1.29 is 4.74 Å². The Kier molecular flexibility index (Phi) is 3.77. The first kappa shape index (κ1) is 11.4. The summed E-state index contributed by atoms with van der Waals surface area (Å²) in [7, 11) is 0. The maximum absolute atomic E-state index is 5.86. The molecule has 4 nitrogen and oxygen atoms in total. The first-order chi connectivity index (χ1) is 7.81. The first-order valence-electron chi connectivity index (χ1n) is 5.69. The Labute approximate surface area is 96.2 Å². The van der Waals surface area contributed by atoms with Gasteiger partial charge in [0.1, 0.15) is 0 Å². The number of nitrogens with zero attached hydrogens (tertiary/aromatic N) is 1. The van der Waals surface area contributed by atoms with E-state index >= 15 is 0 Å². The number of ether oxygens (including phenoxy) is 1. The van der Waals surface area contributed by atoms with Crippen LogP contribution in [0.25, 0.3) is 0 Å². The van der Waals surface area contributed by atoms with E-state index in [-0.39, 0.29) is 6.04 Å². The number of morpholine rings is 1. The van der Waals surface area contributed by atoms with Gasteiger partial charge in [0.2, 0.25) is 0 Å². The van der Waals surface area contributed by atoms with Gasteiger partial charge >= 0.3 is 0 Å². The van der Waals surface area contributed by atoms with E-state index in [1.165, 1.54) is 5.69 Å². The molecule has 0 amide bonds. The highest BCUT2D eigenvalue weighted by Gasteiger charge is 2.11. The van der Waals surface area contributed by atoms with Crippen LogP contribution in [-0.2, 0) is 4.74 Å². The maximum atomic E-state index is 5.86. The van der Waals surface area contributed by atoms with Crippen LogP contribution in [0.15, 0.2) is 24.3 Å². The number of rotatable bonds is 3. The third kappa shape index (κ3) is 2.52. The number of hydrogen-bond donors (Lipinski definition) is 2. The van der Waals surface area contributed by atoms with Crippen LogP contribution in [0, 0.1) is 0 Å². The van der Waals surface area contributed by atoms with Crippen molar-refractivity contribution >= 4 is 5.69 Å².